The summed E-state index contributed by atoms with van der Waals surface area (Å²) in [5.41, 5.74) is 7.78. The average molecular weight is 206 g/mol. The molecule has 0 unspecified atom stereocenters. The molecule has 0 bridgehead atoms. The van der Waals surface area contributed by atoms with E-state index in [1.165, 1.54) is 0 Å². The summed E-state index contributed by atoms with van der Waals surface area (Å²) in [6.07, 6.45) is 3.26. The number of nitrogens with zero attached hydrogens (tertiary/aromatic N) is 2. The van der Waals surface area contributed by atoms with Crippen molar-refractivity contribution in [2.45, 2.75) is 0 Å². The van der Waals surface area contributed by atoms with E-state index >= 15 is 0 Å². The van der Waals surface area contributed by atoms with Crippen LogP contribution in [-0.2, 0) is 0 Å². The first-order chi connectivity index (χ1) is 6.77. The van der Waals surface area contributed by atoms with Crippen LogP contribution in [0.15, 0.2) is 36.7 Å². The molecule has 0 radical (unpaired) electrons. The minimum absolute atomic E-state index is 0.600. The van der Waals surface area contributed by atoms with Gasteiger partial charge in [0.2, 0.25) is 0 Å². The van der Waals surface area contributed by atoms with Crippen LogP contribution in [0.3, 0.4) is 0 Å². The van der Waals surface area contributed by atoms with Crippen molar-refractivity contribution in [3.05, 3.63) is 41.7 Å². The van der Waals surface area contributed by atoms with Crippen LogP contribution in [0.4, 0.5) is 5.69 Å². The Bertz CT molecular complexity index is 439. The van der Waals surface area contributed by atoms with Crippen LogP contribution in [0.1, 0.15) is 0 Å². The summed E-state index contributed by atoms with van der Waals surface area (Å²) in [5, 5.41) is 0.600. The number of rotatable bonds is 1. The largest absolute Gasteiger partial charge is 0.397 e. The average Bonchev–Trinajstić information content (AvgIpc) is 2.20. The zero-order valence-corrected chi connectivity index (χ0v) is 8.07. The fourth-order valence-electron chi connectivity index (χ4n) is 1.15. The summed E-state index contributed by atoms with van der Waals surface area (Å²) in [7, 11) is 0. The summed E-state index contributed by atoms with van der Waals surface area (Å²) < 4.78 is 0. The van der Waals surface area contributed by atoms with Gasteiger partial charge in [0.25, 0.3) is 0 Å². The van der Waals surface area contributed by atoms with E-state index in [4.69, 9.17) is 17.3 Å². The molecule has 2 N–H and O–H groups in total. The summed E-state index contributed by atoms with van der Waals surface area (Å²) in [4.78, 5) is 8.28. The van der Waals surface area contributed by atoms with Crippen LogP contribution in [0.25, 0.3) is 11.4 Å². The van der Waals surface area contributed by atoms with Crippen molar-refractivity contribution < 1.29 is 0 Å². The van der Waals surface area contributed by atoms with Crippen molar-refractivity contribution in [1.29, 1.82) is 0 Å². The van der Waals surface area contributed by atoms with E-state index in [-0.39, 0.29) is 0 Å². The lowest BCUT2D eigenvalue weighted by Gasteiger charge is -2.02. The Labute approximate surface area is 86.6 Å². The molecule has 0 amide bonds. The van der Waals surface area contributed by atoms with Crippen LogP contribution in [0.2, 0.25) is 5.02 Å². The topological polar surface area (TPSA) is 51.8 Å². The van der Waals surface area contributed by atoms with Gasteiger partial charge in [-0.25, -0.2) is 0 Å². The zero-order chi connectivity index (χ0) is 9.97. The SMILES string of the molecule is Nc1cccnc1-c1ccc(Cl)cn1. The van der Waals surface area contributed by atoms with Crippen molar-refractivity contribution in [3.63, 3.8) is 0 Å². The van der Waals surface area contributed by atoms with E-state index in [1.807, 2.05) is 0 Å². The van der Waals surface area contributed by atoms with Gasteiger partial charge in [0.1, 0.15) is 5.69 Å². The molecule has 0 aliphatic heterocycles. The van der Waals surface area contributed by atoms with Gasteiger partial charge in [0.05, 0.1) is 16.4 Å². The number of hydrogen-bond acceptors (Lipinski definition) is 3. The second-order valence-electron chi connectivity index (χ2n) is 2.80. The summed E-state index contributed by atoms with van der Waals surface area (Å²) in [6, 6.07) is 7.13. The minimum Gasteiger partial charge on any atom is -0.397 e. The Morgan fingerprint density at radius 2 is 2.00 bits per heavy atom. The Morgan fingerprint density at radius 3 is 2.64 bits per heavy atom. The lowest BCUT2D eigenvalue weighted by Crippen LogP contribution is -1.93. The van der Waals surface area contributed by atoms with Gasteiger partial charge in [-0.2, -0.15) is 0 Å². The molecule has 0 aliphatic carbocycles. The lowest BCUT2D eigenvalue weighted by atomic mass is 10.2. The number of aromatic nitrogens is 2. The predicted octanol–water partition coefficient (Wildman–Crippen LogP) is 2.38. The van der Waals surface area contributed by atoms with E-state index < -0.39 is 0 Å². The molecule has 0 aromatic carbocycles. The minimum atomic E-state index is 0.600. The number of nitrogen functional groups attached to an aromatic ring is 1. The van der Waals surface area contributed by atoms with E-state index in [0.717, 1.165) is 5.69 Å². The first-order valence-corrected chi connectivity index (χ1v) is 4.47. The van der Waals surface area contributed by atoms with E-state index in [9.17, 15) is 0 Å². The molecule has 0 atom stereocenters. The molecule has 0 fully saturated rings. The number of nitrogens with two attached hydrogens (primary N) is 1. The molecule has 2 aromatic heterocycles. The highest BCUT2D eigenvalue weighted by Gasteiger charge is 2.03. The Kier molecular flexibility index (Phi) is 2.33. The van der Waals surface area contributed by atoms with Crippen LogP contribution in [0, 0.1) is 0 Å². The maximum absolute atomic E-state index is 5.76. The molecular formula is C10H8ClN3. The monoisotopic (exact) mass is 205 g/mol. The lowest BCUT2D eigenvalue weighted by molar-refractivity contribution is 1.25. The summed E-state index contributed by atoms with van der Waals surface area (Å²) >= 11 is 5.72. The third-order valence-corrected chi connectivity index (χ3v) is 2.03. The van der Waals surface area contributed by atoms with Gasteiger partial charge in [0.15, 0.2) is 0 Å². The quantitative estimate of drug-likeness (QED) is 0.778. The van der Waals surface area contributed by atoms with Crippen molar-refractivity contribution in [3.8, 4) is 11.4 Å². The maximum atomic E-state index is 5.76. The van der Waals surface area contributed by atoms with Crippen LogP contribution in [-0.4, -0.2) is 9.97 Å². The third-order valence-electron chi connectivity index (χ3n) is 1.81. The van der Waals surface area contributed by atoms with E-state index in [0.29, 0.717) is 16.4 Å². The van der Waals surface area contributed by atoms with Crippen LogP contribution in [0.5, 0.6) is 0 Å². The number of anilines is 1. The predicted molar refractivity (Wildman–Crippen MR) is 56.9 cm³/mol. The first-order valence-electron chi connectivity index (χ1n) is 4.10. The second-order valence-corrected chi connectivity index (χ2v) is 3.24. The van der Waals surface area contributed by atoms with Crippen molar-refractivity contribution in [1.82, 2.24) is 9.97 Å². The van der Waals surface area contributed by atoms with Gasteiger partial charge >= 0.3 is 0 Å². The molecule has 0 aliphatic rings. The highest BCUT2D eigenvalue weighted by Crippen LogP contribution is 2.21. The summed E-state index contributed by atoms with van der Waals surface area (Å²) in [6.45, 7) is 0. The number of pyridine rings is 2. The molecule has 0 saturated carbocycles. The standard InChI is InChI=1S/C10H8ClN3/c11-7-3-4-9(14-6-7)10-8(12)2-1-5-13-10/h1-6H,12H2. The summed E-state index contributed by atoms with van der Waals surface area (Å²) in [5.74, 6) is 0. The Hall–Kier alpha value is -1.61. The fraction of sp³-hybridized carbons (Fsp3) is 0. The second kappa shape index (κ2) is 3.64. The number of hydrogen-bond donors (Lipinski definition) is 1. The zero-order valence-electron chi connectivity index (χ0n) is 7.31. The van der Waals surface area contributed by atoms with E-state index in [1.54, 1.807) is 36.7 Å². The molecule has 0 spiro atoms. The van der Waals surface area contributed by atoms with Gasteiger partial charge in [-0.3, -0.25) is 9.97 Å². The molecular weight excluding hydrogens is 198 g/mol. The van der Waals surface area contributed by atoms with Crippen LogP contribution < -0.4 is 5.73 Å². The highest BCUT2D eigenvalue weighted by molar-refractivity contribution is 6.30. The Morgan fingerprint density at radius 1 is 1.14 bits per heavy atom. The van der Waals surface area contributed by atoms with E-state index in [2.05, 4.69) is 9.97 Å². The van der Waals surface area contributed by atoms with Crippen molar-refractivity contribution in [2.75, 3.05) is 5.73 Å². The normalized spacial score (nSPS) is 10.1. The fourth-order valence-corrected chi connectivity index (χ4v) is 1.26. The molecule has 2 rings (SSSR count). The highest BCUT2D eigenvalue weighted by atomic mass is 35.5. The Balaban J connectivity index is 2.50. The molecule has 3 nitrogen and oxygen atoms in total. The van der Waals surface area contributed by atoms with Gasteiger partial charge in [-0.05, 0) is 24.3 Å². The van der Waals surface area contributed by atoms with Gasteiger partial charge in [-0.15, -0.1) is 0 Å². The molecule has 70 valence electrons. The molecule has 2 heterocycles. The molecule has 4 heteroatoms. The van der Waals surface area contributed by atoms with Crippen molar-refractivity contribution in [2.24, 2.45) is 0 Å². The maximum Gasteiger partial charge on any atom is 0.111 e. The van der Waals surface area contributed by atoms with Crippen LogP contribution >= 0.6 is 11.6 Å². The third kappa shape index (κ3) is 1.67. The van der Waals surface area contributed by atoms with Crippen molar-refractivity contribution >= 4 is 17.3 Å². The number of halogens is 1. The molecule has 2 aromatic rings. The van der Waals surface area contributed by atoms with Gasteiger partial charge in [0, 0.05) is 12.4 Å². The van der Waals surface area contributed by atoms with Gasteiger partial charge < -0.3 is 5.73 Å². The van der Waals surface area contributed by atoms with Gasteiger partial charge in [-0.1, -0.05) is 11.6 Å². The first kappa shape index (κ1) is 8.97. The molecule has 14 heavy (non-hydrogen) atoms. The smallest absolute Gasteiger partial charge is 0.111 e. The molecule has 0 saturated heterocycles.